The smallest absolute Gasteiger partial charge is 0.220 e. The molecule has 0 aromatic heterocycles. The Hall–Kier alpha value is -1.17. The SMILES string of the molecule is CCCCCCC/C=C/CCCC(O)C(O)C(CO)NC(=O)CCCCCCCCC/C=C\CCCCCCCCCCCCC. The third-order valence-corrected chi connectivity index (χ3v) is 9.28. The zero-order valence-electron chi connectivity index (χ0n) is 30.7. The van der Waals surface area contributed by atoms with E-state index < -0.39 is 18.2 Å². The van der Waals surface area contributed by atoms with Gasteiger partial charge in [0.2, 0.25) is 5.91 Å². The van der Waals surface area contributed by atoms with Crippen LogP contribution in [0.2, 0.25) is 0 Å². The van der Waals surface area contributed by atoms with Crippen LogP contribution in [-0.4, -0.2) is 46.1 Å². The minimum Gasteiger partial charge on any atom is -0.394 e. The van der Waals surface area contributed by atoms with Crippen LogP contribution in [0.1, 0.15) is 206 Å². The molecule has 5 heteroatoms. The molecule has 0 bridgehead atoms. The Morgan fingerprint density at radius 2 is 0.870 bits per heavy atom. The lowest BCUT2D eigenvalue weighted by Gasteiger charge is -2.26. The maximum absolute atomic E-state index is 12.4. The number of amides is 1. The monoisotopic (exact) mass is 650 g/mol. The van der Waals surface area contributed by atoms with E-state index in [1.807, 2.05) is 0 Å². The quantitative estimate of drug-likeness (QED) is 0.0401. The Balaban J connectivity index is 3.63. The molecule has 5 nitrogen and oxygen atoms in total. The van der Waals surface area contributed by atoms with Crippen LogP contribution in [0.4, 0.5) is 0 Å². The number of aliphatic hydroxyl groups is 3. The van der Waals surface area contributed by atoms with Crippen molar-refractivity contribution in [3.8, 4) is 0 Å². The van der Waals surface area contributed by atoms with E-state index in [1.165, 1.54) is 141 Å². The molecule has 0 aliphatic carbocycles. The second kappa shape index (κ2) is 36.7. The van der Waals surface area contributed by atoms with Gasteiger partial charge in [-0.15, -0.1) is 0 Å². The van der Waals surface area contributed by atoms with Gasteiger partial charge >= 0.3 is 0 Å². The van der Waals surface area contributed by atoms with Gasteiger partial charge in [0.1, 0.15) is 6.10 Å². The van der Waals surface area contributed by atoms with Crippen LogP contribution in [0.5, 0.6) is 0 Å². The lowest BCUT2D eigenvalue weighted by Crippen LogP contribution is -2.50. The van der Waals surface area contributed by atoms with Crippen LogP contribution in [0, 0.1) is 0 Å². The van der Waals surface area contributed by atoms with E-state index in [9.17, 15) is 20.1 Å². The van der Waals surface area contributed by atoms with Crippen molar-refractivity contribution in [2.45, 2.75) is 225 Å². The largest absolute Gasteiger partial charge is 0.394 e. The zero-order chi connectivity index (χ0) is 33.8. The van der Waals surface area contributed by atoms with Gasteiger partial charge < -0.3 is 20.6 Å². The average molecular weight is 650 g/mol. The van der Waals surface area contributed by atoms with Gasteiger partial charge in [0.05, 0.1) is 18.8 Å². The highest BCUT2D eigenvalue weighted by molar-refractivity contribution is 5.76. The second-order valence-corrected chi connectivity index (χ2v) is 13.8. The fourth-order valence-corrected chi connectivity index (χ4v) is 6.10. The standard InChI is InChI=1S/C41H79NO4/c1-3-5-7-9-11-13-15-16-17-18-19-20-21-22-23-24-25-26-28-30-32-34-36-40(45)42-38(37-43)41(46)39(44)35-33-31-29-27-14-12-10-8-6-4-2/h21-22,27,29,38-39,41,43-44,46H,3-20,23-26,28,30-37H2,1-2H3,(H,42,45)/b22-21-,29-27+. The van der Waals surface area contributed by atoms with E-state index in [0.717, 1.165) is 38.5 Å². The molecule has 0 aromatic rings. The Kier molecular flexibility index (Phi) is 35.7. The number of hydrogen-bond donors (Lipinski definition) is 4. The minimum atomic E-state index is -1.16. The van der Waals surface area contributed by atoms with Crippen molar-refractivity contribution in [3.05, 3.63) is 24.3 Å². The molecular weight excluding hydrogens is 570 g/mol. The van der Waals surface area contributed by atoms with Crippen molar-refractivity contribution in [1.82, 2.24) is 5.32 Å². The van der Waals surface area contributed by atoms with Gasteiger partial charge in [-0.1, -0.05) is 160 Å². The molecule has 0 aliphatic heterocycles. The maximum Gasteiger partial charge on any atom is 0.220 e. The molecule has 0 fully saturated rings. The van der Waals surface area contributed by atoms with Gasteiger partial charge in [0.15, 0.2) is 0 Å². The zero-order valence-corrected chi connectivity index (χ0v) is 30.7. The van der Waals surface area contributed by atoms with E-state index in [-0.39, 0.29) is 12.5 Å². The number of unbranched alkanes of at least 4 members (excludes halogenated alkanes) is 24. The maximum atomic E-state index is 12.4. The number of hydrogen-bond acceptors (Lipinski definition) is 4. The molecule has 272 valence electrons. The summed E-state index contributed by atoms with van der Waals surface area (Å²) in [4.78, 5) is 12.4. The molecule has 4 N–H and O–H groups in total. The van der Waals surface area contributed by atoms with Gasteiger partial charge in [-0.3, -0.25) is 4.79 Å². The molecule has 0 saturated carbocycles. The molecule has 3 unspecified atom stereocenters. The lowest BCUT2D eigenvalue weighted by atomic mass is 10.0. The third kappa shape index (κ3) is 31.4. The summed E-state index contributed by atoms with van der Waals surface area (Å²) in [6.45, 7) is 4.13. The van der Waals surface area contributed by atoms with E-state index >= 15 is 0 Å². The van der Waals surface area contributed by atoms with Crippen molar-refractivity contribution < 1.29 is 20.1 Å². The molecule has 3 atom stereocenters. The van der Waals surface area contributed by atoms with Gasteiger partial charge in [-0.2, -0.15) is 0 Å². The molecule has 0 radical (unpaired) electrons. The summed E-state index contributed by atoms with van der Waals surface area (Å²) in [5, 5.41) is 33.3. The van der Waals surface area contributed by atoms with Gasteiger partial charge in [-0.05, 0) is 64.2 Å². The summed E-state index contributed by atoms with van der Waals surface area (Å²) in [5.74, 6) is -0.160. The highest BCUT2D eigenvalue weighted by atomic mass is 16.3. The molecule has 0 rings (SSSR count). The summed E-state index contributed by atoms with van der Waals surface area (Å²) in [5.41, 5.74) is 0. The number of nitrogens with one attached hydrogen (secondary N) is 1. The molecular formula is C41H79NO4. The van der Waals surface area contributed by atoms with Crippen molar-refractivity contribution >= 4 is 5.91 Å². The lowest BCUT2D eigenvalue weighted by molar-refractivity contribution is -0.124. The number of carbonyl (C=O) groups excluding carboxylic acids is 1. The topological polar surface area (TPSA) is 89.8 Å². The molecule has 0 aliphatic rings. The van der Waals surface area contributed by atoms with Crippen LogP contribution in [0.3, 0.4) is 0 Å². The number of carbonyl (C=O) groups is 1. The fourth-order valence-electron chi connectivity index (χ4n) is 6.10. The first-order valence-electron chi connectivity index (χ1n) is 20.1. The van der Waals surface area contributed by atoms with Crippen LogP contribution >= 0.6 is 0 Å². The van der Waals surface area contributed by atoms with E-state index in [0.29, 0.717) is 12.8 Å². The molecule has 0 aromatic carbocycles. The average Bonchev–Trinajstić information content (AvgIpc) is 3.06. The summed E-state index contributed by atoms with van der Waals surface area (Å²) >= 11 is 0. The number of aliphatic hydroxyl groups excluding tert-OH is 3. The Morgan fingerprint density at radius 1 is 0.522 bits per heavy atom. The Labute approximate surface area is 286 Å². The van der Waals surface area contributed by atoms with E-state index in [1.54, 1.807) is 0 Å². The minimum absolute atomic E-state index is 0.160. The van der Waals surface area contributed by atoms with E-state index in [4.69, 9.17) is 0 Å². The highest BCUT2D eigenvalue weighted by Gasteiger charge is 2.26. The van der Waals surface area contributed by atoms with Gasteiger partial charge in [0, 0.05) is 6.42 Å². The summed E-state index contributed by atoms with van der Waals surface area (Å²) in [6, 6.07) is -0.824. The predicted octanol–water partition coefficient (Wildman–Crippen LogP) is 11.0. The molecule has 46 heavy (non-hydrogen) atoms. The van der Waals surface area contributed by atoms with Crippen LogP contribution in [-0.2, 0) is 4.79 Å². The molecule has 0 saturated heterocycles. The summed E-state index contributed by atoms with van der Waals surface area (Å²) in [7, 11) is 0. The molecule has 0 heterocycles. The highest BCUT2D eigenvalue weighted by Crippen LogP contribution is 2.14. The van der Waals surface area contributed by atoms with Crippen molar-refractivity contribution in [2.24, 2.45) is 0 Å². The first-order chi connectivity index (χ1) is 22.6. The fraction of sp³-hybridized carbons (Fsp3) is 0.878. The van der Waals surface area contributed by atoms with Crippen molar-refractivity contribution in [3.63, 3.8) is 0 Å². The summed E-state index contributed by atoms with van der Waals surface area (Å²) in [6.07, 6.45) is 42.9. The Morgan fingerprint density at radius 3 is 1.26 bits per heavy atom. The first kappa shape index (κ1) is 44.8. The van der Waals surface area contributed by atoms with Gasteiger partial charge in [0.25, 0.3) is 0 Å². The second-order valence-electron chi connectivity index (χ2n) is 13.8. The number of allylic oxidation sites excluding steroid dienone is 4. The van der Waals surface area contributed by atoms with Crippen molar-refractivity contribution in [2.75, 3.05) is 6.61 Å². The third-order valence-electron chi connectivity index (χ3n) is 9.28. The van der Waals surface area contributed by atoms with E-state index in [2.05, 4.69) is 43.5 Å². The Bertz CT molecular complexity index is 679. The normalized spacial score (nSPS) is 13.9. The molecule has 1 amide bonds. The first-order valence-corrected chi connectivity index (χ1v) is 20.1. The van der Waals surface area contributed by atoms with Crippen LogP contribution in [0.15, 0.2) is 24.3 Å². The number of rotatable bonds is 36. The summed E-state index contributed by atoms with van der Waals surface area (Å²) < 4.78 is 0. The van der Waals surface area contributed by atoms with Crippen molar-refractivity contribution in [1.29, 1.82) is 0 Å². The van der Waals surface area contributed by atoms with Crippen LogP contribution < -0.4 is 5.32 Å². The molecule has 0 spiro atoms. The predicted molar refractivity (Wildman–Crippen MR) is 199 cm³/mol. The van der Waals surface area contributed by atoms with Crippen LogP contribution in [0.25, 0.3) is 0 Å². The van der Waals surface area contributed by atoms with Gasteiger partial charge in [-0.25, -0.2) is 0 Å².